The van der Waals surface area contributed by atoms with Gasteiger partial charge in [-0.2, -0.15) is 0 Å². The first kappa shape index (κ1) is 16.2. The molecule has 3 atom stereocenters. The Balaban J connectivity index is 1.69. The van der Waals surface area contributed by atoms with Gasteiger partial charge in [0.2, 0.25) is 0 Å². The fraction of sp³-hybridized carbons (Fsp3) is 0.611. The van der Waals surface area contributed by atoms with Crippen molar-refractivity contribution < 1.29 is 4.74 Å². The van der Waals surface area contributed by atoms with E-state index in [1.807, 2.05) is 6.20 Å². The molecule has 3 nitrogen and oxygen atoms in total. The molecule has 0 aromatic carbocycles. The standard InChI is InChI=1S/C18H25BrN2O/c1-12-8-16(19)9-20-18(12)15-4-6-17(7-5-15)21-10-13(2)22-14(3)11-21/h4,8-9,13-14,17H,5-7,10-11H2,1-3H3. The molecule has 1 aliphatic carbocycles. The number of hydrogen-bond acceptors (Lipinski definition) is 3. The van der Waals surface area contributed by atoms with Crippen molar-refractivity contribution in [3.8, 4) is 0 Å². The van der Waals surface area contributed by atoms with Crippen LogP contribution >= 0.6 is 15.9 Å². The molecular weight excluding hydrogens is 340 g/mol. The van der Waals surface area contributed by atoms with Crippen LogP contribution in [-0.4, -0.2) is 41.2 Å². The van der Waals surface area contributed by atoms with E-state index in [-0.39, 0.29) is 0 Å². The van der Waals surface area contributed by atoms with Crippen molar-refractivity contribution in [1.82, 2.24) is 9.88 Å². The minimum absolute atomic E-state index is 0.351. The lowest BCUT2D eigenvalue weighted by Gasteiger charge is -2.41. The van der Waals surface area contributed by atoms with E-state index in [1.165, 1.54) is 23.3 Å². The summed E-state index contributed by atoms with van der Waals surface area (Å²) in [6.45, 7) is 8.64. The van der Waals surface area contributed by atoms with Gasteiger partial charge in [0, 0.05) is 29.8 Å². The van der Waals surface area contributed by atoms with E-state index in [4.69, 9.17) is 4.74 Å². The molecule has 22 heavy (non-hydrogen) atoms. The van der Waals surface area contributed by atoms with Gasteiger partial charge in [0.25, 0.3) is 0 Å². The molecule has 1 aromatic heterocycles. The SMILES string of the molecule is Cc1cc(Br)cnc1C1=CCC(N2CC(C)OC(C)C2)CC1. The molecule has 0 radical (unpaired) electrons. The van der Waals surface area contributed by atoms with Crippen LogP contribution in [0.1, 0.15) is 44.4 Å². The van der Waals surface area contributed by atoms with Crippen LogP contribution in [0.25, 0.3) is 5.57 Å². The van der Waals surface area contributed by atoms with Crippen molar-refractivity contribution in [2.45, 2.75) is 58.3 Å². The summed E-state index contributed by atoms with van der Waals surface area (Å²) in [5, 5.41) is 0. The number of nitrogens with zero attached hydrogens (tertiary/aromatic N) is 2. The number of rotatable bonds is 2. The molecule has 0 N–H and O–H groups in total. The zero-order chi connectivity index (χ0) is 15.7. The molecule has 2 heterocycles. The molecule has 2 aliphatic rings. The summed E-state index contributed by atoms with van der Waals surface area (Å²) in [5.41, 5.74) is 3.84. The smallest absolute Gasteiger partial charge is 0.0688 e. The van der Waals surface area contributed by atoms with Gasteiger partial charge in [0.15, 0.2) is 0 Å². The van der Waals surface area contributed by atoms with Gasteiger partial charge in [0.1, 0.15) is 0 Å². The van der Waals surface area contributed by atoms with Crippen LogP contribution in [0, 0.1) is 6.92 Å². The minimum Gasteiger partial charge on any atom is -0.373 e. The molecule has 0 spiro atoms. The van der Waals surface area contributed by atoms with Crippen LogP contribution < -0.4 is 0 Å². The summed E-state index contributed by atoms with van der Waals surface area (Å²) in [5.74, 6) is 0. The van der Waals surface area contributed by atoms with Gasteiger partial charge >= 0.3 is 0 Å². The van der Waals surface area contributed by atoms with Gasteiger partial charge < -0.3 is 4.74 Å². The zero-order valence-electron chi connectivity index (χ0n) is 13.7. The Morgan fingerprint density at radius 1 is 1.27 bits per heavy atom. The van der Waals surface area contributed by atoms with Gasteiger partial charge in [-0.25, -0.2) is 0 Å². The lowest BCUT2D eigenvalue weighted by atomic mass is 9.90. The number of aryl methyl sites for hydroxylation is 1. The van der Waals surface area contributed by atoms with E-state index in [2.05, 4.69) is 58.7 Å². The van der Waals surface area contributed by atoms with E-state index in [1.54, 1.807) is 0 Å². The van der Waals surface area contributed by atoms with Gasteiger partial charge in [-0.15, -0.1) is 0 Å². The summed E-state index contributed by atoms with van der Waals surface area (Å²) in [7, 11) is 0. The second kappa shape index (κ2) is 6.81. The average molecular weight is 365 g/mol. The van der Waals surface area contributed by atoms with Gasteiger partial charge in [-0.1, -0.05) is 6.08 Å². The van der Waals surface area contributed by atoms with Gasteiger partial charge in [-0.3, -0.25) is 9.88 Å². The molecule has 3 unspecified atom stereocenters. The number of hydrogen-bond donors (Lipinski definition) is 0. The monoisotopic (exact) mass is 364 g/mol. The van der Waals surface area contributed by atoms with Crippen molar-refractivity contribution in [1.29, 1.82) is 0 Å². The molecule has 1 fully saturated rings. The molecule has 3 rings (SSSR count). The molecule has 1 aliphatic heterocycles. The topological polar surface area (TPSA) is 25.4 Å². The predicted octanol–water partition coefficient (Wildman–Crippen LogP) is 4.20. The van der Waals surface area contributed by atoms with Crippen molar-refractivity contribution in [2.75, 3.05) is 13.1 Å². The quantitative estimate of drug-likeness (QED) is 0.786. The van der Waals surface area contributed by atoms with Crippen LogP contribution in [0.4, 0.5) is 0 Å². The average Bonchev–Trinajstić information content (AvgIpc) is 2.46. The first-order valence-electron chi connectivity index (χ1n) is 8.24. The molecule has 1 aromatic rings. The second-order valence-corrected chi connectivity index (χ2v) is 7.60. The third-order valence-electron chi connectivity index (χ3n) is 4.70. The fourth-order valence-corrected chi connectivity index (χ4v) is 4.21. The van der Waals surface area contributed by atoms with E-state index in [0.717, 1.165) is 30.4 Å². The maximum atomic E-state index is 5.85. The molecule has 4 heteroatoms. The van der Waals surface area contributed by atoms with E-state index in [0.29, 0.717) is 18.2 Å². The van der Waals surface area contributed by atoms with Crippen LogP contribution in [0.3, 0.4) is 0 Å². The second-order valence-electron chi connectivity index (χ2n) is 6.69. The molecule has 0 saturated carbocycles. The summed E-state index contributed by atoms with van der Waals surface area (Å²) in [6, 6.07) is 2.81. The number of pyridine rings is 1. The normalized spacial score (nSPS) is 30.2. The number of allylic oxidation sites excluding steroid dienone is 1. The van der Waals surface area contributed by atoms with Crippen LogP contribution in [0.5, 0.6) is 0 Å². The van der Waals surface area contributed by atoms with Crippen molar-refractivity contribution in [3.63, 3.8) is 0 Å². The summed E-state index contributed by atoms with van der Waals surface area (Å²) in [4.78, 5) is 7.23. The van der Waals surface area contributed by atoms with Gasteiger partial charge in [0.05, 0.1) is 17.9 Å². The third kappa shape index (κ3) is 3.61. The highest BCUT2D eigenvalue weighted by Gasteiger charge is 2.29. The maximum absolute atomic E-state index is 5.85. The van der Waals surface area contributed by atoms with Crippen LogP contribution in [-0.2, 0) is 4.74 Å². The van der Waals surface area contributed by atoms with Crippen LogP contribution in [0.15, 0.2) is 22.8 Å². The minimum atomic E-state index is 0.351. The Morgan fingerprint density at radius 2 is 2.00 bits per heavy atom. The summed E-state index contributed by atoms with van der Waals surface area (Å²) >= 11 is 3.49. The molecule has 0 amide bonds. The Bertz CT molecular complexity index is 562. The number of aromatic nitrogens is 1. The molecule has 1 saturated heterocycles. The Morgan fingerprint density at radius 3 is 2.59 bits per heavy atom. The first-order chi connectivity index (χ1) is 10.5. The van der Waals surface area contributed by atoms with Crippen molar-refractivity contribution in [3.05, 3.63) is 34.1 Å². The summed E-state index contributed by atoms with van der Waals surface area (Å²) < 4.78 is 6.91. The number of ether oxygens (including phenoxy) is 1. The van der Waals surface area contributed by atoms with Crippen molar-refractivity contribution in [2.24, 2.45) is 0 Å². The predicted molar refractivity (Wildman–Crippen MR) is 93.9 cm³/mol. The number of morpholine rings is 1. The largest absolute Gasteiger partial charge is 0.373 e. The highest BCUT2D eigenvalue weighted by Crippen LogP contribution is 2.31. The molecule has 120 valence electrons. The number of halogens is 1. The highest BCUT2D eigenvalue weighted by molar-refractivity contribution is 9.10. The van der Waals surface area contributed by atoms with E-state index >= 15 is 0 Å². The Labute approximate surface area is 141 Å². The van der Waals surface area contributed by atoms with E-state index in [9.17, 15) is 0 Å². The Hall–Kier alpha value is -0.710. The fourth-order valence-electron chi connectivity index (χ4n) is 3.76. The lowest BCUT2D eigenvalue weighted by Crippen LogP contribution is -2.50. The van der Waals surface area contributed by atoms with Crippen LogP contribution in [0.2, 0.25) is 0 Å². The highest BCUT2D eigenvalue weighted by atomic mass is 79.9. The first-order valence-corrected chi connectivity index (χ1v) is 9.03. The third-order valence-corrected chi connectivity index (χ3v) is 5.13. The molecule has 0 bridgehead atoms. The van der Waals surface area contributed by atoms with Crippen molar-refractivity contribution >= 4 is 21.5 Å². The van der Waals surface area contributed by atoms with Gasteiger partial charge in [-0.05, 0) is 73.2 Å². The lowest BCUT2D eigenvalue weighted by molar-refractivity contribution is -0.0810. The Kier molecular flexibility index (Phi) is 5.00. The molecular formula is C18H25BrN2O. The zero-order valence-corrected chi connectivity index (χ0v) is 15.3. The van der Waals surface area contributed by atoms with E-state index < -0.39 is 0 Å². The summed E-state index contributed by atoms with van der Waals surface area (Å²) in [6.07, 6.45) is 8.49. The maximum Gasteiger partial charge on any atom is 0.0688 e.